The predicted molar refractivity (Wildman–Crippen MR) is 102 cm³/mol. The van der Waals surface area contributed by atoms with Crippen molar-refractivity contribution in [2.45, 2.75) is 70.2 Å². The molecule has 1 fully saturated rings. The minimum atomic E-state index is -4.00. The summed E-state index contributed by atoms with van der Waals surface area (Å²) in [5.74, 6) is -2.35. The third-order valence-electron chi connectivity index (χ3n) is 4.89. The average molecular weight is 396 g/mol. The van der Waals surface area contributed by atoms with Crippen molar-refractivity contribution in [1.82, 2.24) is 4.31 Å². The van der Waals surface area contributed by atoms with Crippen molar-refractivity contribution in [2.75, 3.05) is 6.61 Å². The third-order valence-corrected chi connectivity index (χ3v) is 6.76. The molecule has 1 aliphatic rings. The molecule has 1 aromatic rings. The van der Waals surface area contributed by atoms with Crippen LogP contribution in [0.1, 0.15) is 57.9 Å². The maximum Gasteiger partial charge on any atom is 0.318 e. The van der Waals surface area contributed by atoms with Gasteiger partial charge in [0.25, 0.3) is 15.9 Å². The van der Waals surface area contributed by atoms with Crippen molar-refractivity contribution in [2.24, 2.45) is 5.92 Å². The Kier molecular flexibility index (Phi) is 7.41. The first-order valence-corrected chi connectivity index (χ1v) is 11.1. The molecule has 27 heavy (non-hydrogen) atoms. The van der Waals surface area contributed by atoms with Crippen LogP contribution in [-0.4, -0.2) is 37.2 Å². The topological polar surface area (TPSA) is 80.8 Å². The van der Waals surface area contributed by atoms with E-state index in [4.69, 9.17) is 4.74 Å². The van der Waals surface area contributed by atoms with Crippen molar-refractivity contribution < 1.29 is 22.7 Å². The number of hydrogen-bond donors (Lipinski definition) is 0. The summed E-state index contributed by atoms with van der Waals surface area (Å²) in [5, 5.41) is 0. The van der Waals surface area contributed by atoms with Crippen LogP contribution >= 0.6 is 0 Å². The van der Waals surface area contributed by atoms with Gasteiger partial charge in [-0.2, -0.15) is 0 Å². The Bertz CT molecular complexity index is 757. The van der Waals surface area contributed by atoms with Gasteiger partial charge in [0.2, 0.25) is 0 Å². The van der Waals surface area contributed by atoms with E-state index in [1.165, 1.54) is 12.1 Å². The van der Waals surface area contributed by atoms with E-state index in [2.05, 4.69) is 6.92 Å². The number of rotatable bonds is 9. The second kappa shape index (κ2) is 9.35. The van der Waals surface area contributed by atoms with Gasteiger partial charge in [-0.1, -0.05) is 50.3 Å². The van der Waals surface area contributed by atoms with Crippen LogP contribution in [0, 0.1) is 12.8 Å². The molecule has 1 heterocycles. The van der Waals surface area contributed by atoms with Gasteiger partial charge in [0, 0.05) is 6.04 Å². The van der Waals surface area contributed by atoms with E-state index in [0.29, 0.717) is 6.42 Å². The normalized spacial score (nSPS) is 20.1. The summed E-state index contributed by atoms with van der Waals surface area (Å²) in [7, 11) is -4.00. The van der Waals surface area contributed by atoms with Crippen LogP contribution in [0.4, 0.5) is 0 Å². The molecule has 2 unspecified atom stereocenters. The van der Waals surface area contributed by atoms with E-state index >= 15 is 0 Å². The molecule has 2 atom stereocenters. The number of carbonyl (C=O) groups is 2. The van der Waals surface area contributed by atoms with Gasteiger partial charge in [0.1, 0.15) is 5.92 Å². The van der Waals surface area contributed by atoms with E-state index in [1.54, 1.807) is 19.1 Å². The Morgan fingerprint density at radius 1 is 1.15 bits per heavy atom. The minimum absolute atomic E-state index is 0.0736. The van der Waals surface area contributed by atoms with Crippen molar-refractivity contribution in [3.8, 4) is 0 Å². The zero-order chi connectivity index (χ0) is 20.0. The number of aryl methyl sites for hydroxylation is 1. The molecule has 0 saturated carbocycles. The smallest absolute Gasteiger partial charge is 0.318 e. The van der Waals surface area contributed by atoms with Crippen LogP contribution in [0.5, 0.6) is 0 Å². The summed E-state index contributed by atoms with van der Waals surface area (Å²) in [6, 6.07) is 5.90. The standard InChI is InChI=1S/C20H29NO5S/c1-4-6-7-8-9-16-14-18(20(23)26-5-2)19(22)21(16)27(24,25)17-12-10-15(3)11-13-17/h10-13,16,18H,4-9,14H2,1-3H3. The predicted octanol–water partition coefficient (Wildman–Crippen LogP) is 3.43. The lowest BCUT2D eigenvalue weighted by atomic mass is 10.0. The van der Waals surface area contributed by atoms with Crippen molar-refractivity contribution in [1.29, 1.82) is 0 Å². The minimum Gasteiger partial charge on any atom is -0.465 e. The summed E-state index contributed by atoms with van der Waals surface area (Å²) >= 11 is 0. The van der Waals surface area contributed by atoms with Gasteiger partial charge >= 0.3 is 5.97 Å². The lowest BCUT2D eigenvalue weighted by Gasteiger charge is -2.24. The number of unbranched alkanes of at least 4 members (excludes halogenated alkanes) is 3. The third kappa shape index (κ3) is 4.89. The maximum atomic E-state index is 13.1. The van der Waals surface area contributed by atoms with E-state index in [0.717, 1.165) is 35.6 Å². The van der Waals surface area contributed by atoms with Crippen LogP contribution in [0.2, 0.25) is 0 Å². The lowest BCUT2D eigenvalue weighted by molar-refractivity contribution is -0.151. The van der Waals surface area contributed by atoms with E-state index < -0.39 is 33.9 Å². The SMILES string of the molecule is CCCCCCC1CC(C(=O)OCC)C(=O)N1S(=O)(=O)c1ccc(C)cc1. The Balaban J connectivity index is 2.30. The molecule has 1 aliphatic heterocycles. The zero-order valence-electron chi connectivity index (χ0n) is 16.3. The molecule has 0 N–H and O–H groups in total. The molecule has 1 saturated heterocycles. The number of ether oxygens (including phenoxy) is 1. The second-order valence-corrected chi connectivity index (χ2v) is 8.81. The molecule has 0 aliphatic carbocycles. The Morgan fingerprint density at radius 3 is 2.41 bits per heavy atom. The zero-order valence-corrected chi connectivity index (χ0v) is 17.1. The quantitative estimate of drug-likeness (QED) is 0.363. The number of nitrogens with zero attached hydrogens (tertiary/aromatic N) is 1. The van der Waals surface area contributed by atoms with Crippen LogP contribution in [0.25, 0.3) is 0 Å². The summed E-state index contributed by atoms with van der Waals surface area (Å²) in [5.41, 5.74) is 0.933. The summed E-state index contributed by atoms with van der Waals surface area (Å²) in [6.07, 6.45) is 4.68. The molecule has 0 bridgehead atoms. The highest BCUT2D eigenvalue weighted by atomic mass is 32.2. The van der Waals surface area contributed by atoms with Crippen LogP contribution < -0.4 is 0 Å². The molecule has 0 aromatic heterocycles. The maximum absolute atomic E-state index is 13.1. The Labute approximate surface area is 161 Å². The second-order valence-electron chi connectivity index (χ2n) is 7.00. The number of sulfonamides is 1. The number of benzene rings is 1. The van der Waals surface area contributed by atoms with Gasteiger partial charge in [-0.3, -0.25) is 9.59 Å². The van der Waals surface area contributed by atoms with E-state index in [9.17, 15) is 18.0 Å². The molecular formula is C20H29NO5S. The monoisotopic (exact) mass is 395 g/mol. The highest BCUT2D eigenvalue weighted by Crippen LogP contribution is 2.34. The van der Waals surface area contributed by atoms with Gasteiger partial charge < -0.3 is 4.74 Å². The molecule has 1 aromatic carbocycles. The first-order valence-electron chi connectivity index (χ1n) is 9.64. The molecule has 0 spiro atoms. The van der Waals surface area contributed by atoms with Gasteiger partial charge in [-0.15, -0.1) is 0 Å². The molecular weight excluding hydrogens is 366 g/mol. The van der Waals surface area contributed by atoms with Gasteiger partial charge in [-0.25, -0.2) is 12.7 Å². The summed E-state index contributed by atoms with van der Waals surface area (Å²) < 4.78 is 32.2. The number of amides is 1. The van der Waals surface area contributed by atoms with Gasteiger partial charge in [-0.05, 0) is 38.8 Å². The molecule has 1 amide bonds. The van der Waals surface area contributed by atoms with Crippen LogP contribution in [-0.2, 0) is 24.3 Å². The van der Waals surface area contributed by atoms with Crippen molar-refractivity contribution >= 4 is 21.9 Å². The Hall–Kier alpha value is -1.89. The summed E-state index contributed by atoms with van der Waals surface area (Å²) in [4.78, 5) is 25.1. The molecule has 2 rings (SSSR count). The lowest BCUT2D eigenvalue weighted by Crippen LogP contribution is -2.40. The van der Waals surface area contributed by atoms with Crippen LogP contribution in [0.15, 0.2) is 29.2 Å². The fourth-order valence-electron chi connectivity index (χ4n) is 3.42. The number of carbonyl (C=O) groups excluding carboxylic acids is 2. The first-order chi connectivity index (χ1) is 12.8. The van der Waals surface area contributed by atoms with Crippen molar-refractivity contribution in [3.63, 3.8) is 0 Å². The highest BCUT2D eigenvalue weighted by molar-refractivity contribution is 7.89. The number of hydrogen-bond acceptors (Lipinski definition) is 5. The molecule has 0 radical (unpaired) electrons. The molecule has 7 heteroatoms. The first kappa shape index (κ1) is 21.4. The fourth-order valence-corrected chi connectivity index (χ4v) is 5.08. The largest absolute Gasteiger partial charge is 0.465 e. The summed E-state index contributed by atoms with van der Waals surface area (Å²) in [6.45, 7) is 5.80. The molecule has 150 valence electrons. The average Bonchev–Trinajstić information content (AvgIpc) is 2.96. The highest BCUT2D eigenvalue weighted by Gasteiger charge is 2.49. The van der Waals surface area contributed by atoms with Gasteiger partial charge in [0.15, 0.2) is 0 Å². The van der Waals surface area contributed by atoms with Crippen LogP contribution in [0.3, 0.4) is 0 Å². The van der Waals surface area contributed by atoms with Gasteiger partial charge in [0.05, 0.1) is 11.5 Å². The number of esters is 1. The molecule has 6 nitrogen and oxygen atoms in total. The van der Waals surface area contributed by atoms with Crippen molar-refractivity contribution in [3.05, 3.63) is 29.8 Å². The fraction of sp³-hybridized carbons (Fsp3) is 0.600. The van der Waals surface area contributed by atoms with E-state index in [-0.39, 0.29) is 17.9 Å². The Morgan fingerprint density at radius 2 is 1.81 bits per heavy atom. The van der Waals surface area contributed by atoms with E-state index in [1.807, 2.05) is 6.92 Å².